The van der Waals surface area contributed by atoms with Crippen LogP contribution >= 0.6 is 0 Å². The summed E-state index contributed by atoms with van der Waals surface area (Å²) < 4.78 is 43.6. The van der Waals surface area contributed by atoms with Crippen molar-refractivity contribution < 1.29 is 22.7 Å². The fourth-order valence-electron chi connectivity index (χ4n) is 2.22. The van der Waals surface area contributed by atoms with Gasteiger partial charge >= 0.3 is 12.2 Å². The number of halogens is 3. The van der Waals surface area contributed by atoms with Crippen LogP contribution < -0.4 is 16.0 Å². The molecule has 2 amide bonds. The average molecular weight is 368 g/mol. The van der Waals surface area contributed by atoms with Gasteiger partial charge in [-0.25, -0.2) is 9.78 Å². The second kappa shape index (κ2) is 9.04. The predicted octanol–water partition coefficient (Wildman–Crippen LogP) is 3.48. The first-order chi connectivity index (χ1) is 12.4. The van der Waals surface area contributed by atoms with Crippen molar-refractivity contribution in [2.24, 2.45) is 0 Å². The number of amides is 2. The number of hydrogen-bond donors (Lipinski definition) is 3. The number of pyridine rings is 1. The molecule has 6 nitrogen and oxygen atoms in total. The smallest absolute Gasteiger partial charge is 0.380 e. The molecule has 2 rings (SSSR count). The fourth-order valence-corrected chi connectivity index (χ4v) is 2.22. The van der Waals surface area contributed by atoms with Crippen LogP contribution in [0.2, 0.25) is 0 Å². The third kappa shape index (κ3) is 5.62. The Bertz CT molecular complexity index is 738. The summed E-state index contributed by atoms with van der Waals surface area (Å²) in [7, 11) is 1.55. The van der Waals surface area contributed by atoms with Crippen molar-refractivity contribution in [3.63, 3.8) is 0 Å². The van der Waals surface area contributed by atoms with Gasteiger partial charge in [0, 0.05) is 37.6 Å². The van der Waals surface area contributed by atoms with E-state index in [1.165, 1.54) is 12.3 Å². The number of carbonyl (C=O) groups excluding carboxylic acids is 1. The largest absolute Gasteiger partial charge is 0.419 e. The summed E-state index contributed by atoms with van der Waals surface area (Å²) in [5, 5.41) is 7.82. The highest BCUT2D eigenvalue weighted by molar-refractivity contribution is 5.90. The van der Waals surface area contributed by atoms with E-state index in [4.69, 9.17) is 4.74 Å². The zero-order valence-corrected chi connectivity index (χ0v) is 14.1. The number of aromatic nitrogens is 1. The number of benzene rings is 1. The van der Waals surface area contributed by atoms with Gasteiger partial charge in [-0.15, -0.1) is 0 Å². The maximum absolute atomic E-state index is 12.9. The maximum Gasteiger partial charge on any atom is 0.419 e. The minimum Gasteiger partial charge on any atom is -0.380 e. The van der Waals surface area contributed by atoms with Crippen molar-refractivity contribution in [3.8, 4) is 0 Å². The summed E-state index contributed by atoms with van der Waals surface area (Å²) in [6.07, 6.45) is -3.23. The summed E-state index contributed by atoms with van der Waals surface area (Å²) in [5.41, 5.74) is 0.563. The Morgan fingerprint density at radius 2 is 1.92 bits per heavy atom. The van der Waals surface area contributed by atoms with E-state index >= 15 is 0 Å². The molecule has 2 aromatic rings. The van der Waals surface area contributed by atoms with E-state index in [2.05, 4.69) is 20.9 Å². The van der Waals surface area contributed by atoms with Crippen molar-refractivity contribution in [2.45, 2.75) is 12.8 Å². The van der Waals surface area contributed by atoms with E-state index < -0.39 is 17.8 Å². The molecule has 0 aliphatic rings. The number of anilines is 2. The Labute approximate surface area is 148 Å². The topological polar surface area (TPSA) is 75.3 Å². The average Bonchev–Trinajstić information content (AvgIpc) is 2.60. The molecule has 0 saturated heterocycles. The molecule has 0 aliphatic heterocycles. The fraction of sp³-hybridized carbons (Fsp3) is 0.294. The highest BCUT2D eigenvalue weighted by atomic mass is 19.4. The van der Waals surface area contributed by atoms with Gasteiger partial charge in [-0.2, -0.15) is 13.2 Å². The number of hydrogen-bond acceptors (Lipinski definition) is 4. The Morgan fingerprint density at radius 1 is 1.15 bits per heavy atom. The highest BCUT2D eigenvalue weighted by Gasteiger charge is 2.33. The standard InChI is InChI=1S/C17H19F3N4O2/c1-26-11-12-5-2-3-7-14(12)24-16(25)23-10-9-22-15-13(17(18,19)20)6-4-8-21-15/h2-8H,9-11H2,1H3,(H,21,22)(H2,23,24,25). The molecule has 0 spiro atoms. The van der Waals surface area contributed by atoms with E-state index in [0.29, 0.717) is 12.3 Å². The summed E-state index contributed by atoms with van der Waals surface area (Å²) in [6.45, 7) is 0.553. The SMILES string of the molecule is COCc1ccccc1NC(=O)NCCNc1ncccc1C(F)(F)F. The molecular formula is C17H19F3N4O2. The molecule has 1 aromatic heterocycles. The summed E-state index contributed by atoms with van der Waals surface area (Å²) in [6, 6.07) is 8.85. The summed E-state index contributed by atoms with van der Waals surface area (Å²) in [5.74, 6) is -0.271. The highest BCUT2D eigenvalue weighted by Crippen LogP contribution is 2.33. The second-order valence-corrected chi connectivity index (χ2v) is 5.30. The molecule has 3 N–H and O–H groups in total. The van der Waals surface area contributed by atoms with Gasteiger partial charge in [0.1, 0.15) is 5.82 Å². The first-order valence-electron chi connectivity index (χ1n) is 7.79. The Kier molecular flexibility index (Phi) is 6.79. The minimum absolute atomic E-state index is 0.0905. The van der Waals surface area contributed by atoms with Crippen LogP contribution in [-0.4, -0.2) is 31.2 Å². The molecule has 0 bridgehead atoms. The van der Waals surface area contributed by atoms with Gasteiger partial charge in [-0.05, 0) is 18.2 Å². The number of alkyl halides is 3. The number of rotatable bonds is 7. The Balaban J connectivity index is 1.83. The molecule has 0 aliphatic carbocycles. The monoisotopic (exact) mass is 368 g/mol. The van der Waals surface area contributed by atoms with E-state index in [1.807, 2.05) is 12.1 Å². The molecule has 0 fully saturated rings. The maximum atomic E-state index is 12.9. The normalized spacial score (nSPS) is 11.1. The number of nitrogens with one attached hydrogen (secondary N) is 3. The van der Waals surface area contributed by atoms with Crippen LogP contribution in [0.5, 0.6) is 0 Å². The molecule has 0 atom stereocenters. The molecule has 0 saturated carbocycles. The quantitative estimate of drug-likeness (QED) is 0.654. The first kappa shape index (κ1) is 19.5. The molecule has 9 heteroatoms. The summed E-state index contributed by atoms with van der Waals surface area (Å²) in [4.78, 5) is 15.6. The van der Waals surface area contributed by atoms with Gasteiger partial charge in [-0.1, -0.05) is 18.2 Å². The van der Waals surface area contributed by atoms with E-state index in [0.717, 1.165) is 11.6 Å². The molecule has 26 heavy (non-hydrogen) atoms. The van der Waals surface area contributed by atoms with Crippen molar-refractivity contribution in [1.29, 1.82) is 0 Å². The second-order valence-electron chi connectivity index (χ2n) is 5.30. The summed E-state index contributed by atoms with van der Waals surface area (Å²) >= 11 is 0. The molecule has 1 heterocycles. The Hall–Kier alpha value is -2.81. The zero-order valence-electron chi connectivity index (χ0n) is 14.1. The van der Waals surface area contributed by atoms with E-state index in [9.17, 15) is 18.0 Å². The third-order valence-electron chi connectivity index (χ3n) is 3.38. The van der Waals surface area contributed by atoms with Crippen LogP contribution in [0.4, 0.5) is 29.5 Å². The third-order valence-corrected chi connectivity index (χ3v) is 3.38. The number of methoxy groups -OCH3 is 1. The van der Waals surface area contributed by atoms with Crippen LogP contribution in [0.1, 0.15) is 11.1 Å². The van der Waals surface area contributed by atoms with Crippen LogP contribution in [-0.2, 0) is 17.5 Å². The molecular weight excluding hydrogens is 349 g/mol. The van der Waals surface area contributed by atoms with Crippen molar-refractivity contribution >= 4 is 17.5 Å². The zero-order chi connectivity index (χ0) is 19.0. The molecule has 1 aromatic carbocycles. The van der Waals surface area contributed by atoms with Gasteiger partial charge in [0.15, 0.2) is 0 Å². The van der Waals surface area contributed by atoms with Crippen molar-refractivity contribution in [3.05, 3.63) is 53.7 Å². The van der Waals surface area contributed by atoms with Gasteiger partial charge in [0.25, 0.3) is 0 Å². The number of ether oxygens (including phenoxy) is 1. The first-order valence-corrected chi connectivity index (χ1v) is 7.79. The van der Waals surface area contributed by atoms with Crippen LogP contribution in [0.3, 0.4) is 0 Å². The number of carbonyl (C=O) groups is 1. The Morgan fingerprint density at radius 3 is 2.65 bits per heavy atom. The number of urea groups is 1. The predicted molar refractivity (Wildman–Crippen MR) is 91.9 cm³/mol. The van der Waals surface area contributed by atoms with Crippen molar-refractivity contribution in [1.82, 2.24) is 10.3 Å². The lowest BCUT2D eigenvalue weighted by molar-refractivity contribution is -0.137. The molecule has 0 unspecified atom stereocenters. The molecule has 0 radical (unpaired) electrons. The van der Waals surface area contributed by atoms with Crippen LogP contribution in [0.15, 0.2) is 42.6 Å². The van der Waals surface area contributed by atoms with Gasteiger partial charge in [0.2, 0.25) is 0 Å². The van der Waals surface area contributed by atoms with Gasteiger partial charge in [-0.3, -0.25) is 0 Å². The lowest BCUT2D eigenvalue weighted by Crippen LogP contribution is -2.33. The van der Waals surface area contributed by atoms with Crippen LogP contribution in [0, 0.1) is 0 Å². The minimum atomic E-state index is -4.49. The van der Waals surface area contributed by atoms with E-state index in [1.54, 1.807) is 19.2 Å². The lowest BCUT2D eigenvalue weighted by atomic mass is 10.2. The lowest BCUT2D eigenvalue weighted by Gasteiger charge is -2.14. The number of nitrogens with zero attached hydrogens (tertiary/aromatic N) is 1. The number of para-hydroxylation sites is 1. The van der Waals surface area contributed by atoms with Gasteiger partial charge in [0.05, 0.1) is 12.2 Å². The van der Waals surface area contributed by atoms with Crippen molar-refractivity contribution in [2.75, 3.05) is 30.8 Å². The molecule has 140 valence electrons. The van der Waals surface area contributed by atoms with E-state index in [-0.39, 0.29) is 18.9 Å². The van der Waals surface area contributed by atoms with Gasteiger partial charge < -0.3 is 20.7 Å². The van der Waals surface area contributed by atoms with Crippen LogP contribution in [0.25, 0.3) is 0 Å².